The van der Waals surface area contributed by atoms with E-state index in [1.807, 2.05) is 16.8 Å². The Morgan fingerprint density at radius 2 is 2.14 bits per heavy atom. The minimum Gasteiger partial charge on any atom is -0.339 e. The van der Waals surface area contributed by atoms with Crippen LogP contribution in [0.5, 0.6) is 0 Å². The van der Waals surface area contributed by atoms with Crippen LogP contribution in [0.3, 0.4) is 0 Å². The van der Waals surface area contributed by atoms with E-state index in [4.69, 9.17) is 4.98 Å². The molecular formula is C16H23N5. The molecule has 0 amide bonds. The molecule has 21 heavy (non-hydrogen) atoms. The van der Waals surface area contributed by atoms with Crippen molar-refractivity contribution in [3.05, 3.63) is 23.9 Å². The van der Waals surface area contributed by atoms with Crippen molar-refractivity contribution in [2.45, 2.75) is 32.6 Å². The summed E-state index contributed by atoms with van der Waals surface area (Å²) in [5, 5.41) is 8.26. The lowest BCUT2D eigenvalue weighted by molar-refractivity contribution is 0.172. The summed E-state index contributed by atoms with van der Waals surface area (Å²) in [4.78, 5) is 7.10. The summed E-state index contributed by atoms with van der Waals surface area (Å²) in [6.45, 7) is 6.58. The number of pyridine rings is 1. The van der Waals surface area contributed by atoms with Gasteiger partial charge in [0, 0.05) is 31.2 Å². The molecule has 2 fully saturated rings. The highest BCUT2D eigenvalue weighted by molar-refractivity contribution is 5.45. The van der Waals surface area contributed by atoms with Crippen LogP contribution < -0.4 is 10.2 Å². The Kier molecular flexibility index (Phi) is 3.10. The smallest absolute Gasteiger partial charge is 0.245 e. The Balaban J connectivity index is 1.61. The van der Waals surface area contributed by atoms with E-state index in [2.05, 4.69) is 28.3 Å². The third-order valence-corrected chi connectivity index (χ3v) is 4.97. The lowest BCUT2D eigenvalue weighted by atomic mass is 9.74. The Labute approximate surface area is 125 Å². The molecule has 5 heteroatoms. The van der Waals surface area contributed by atoms with Crippen molar-refractivity contribution in [3.8, 4) is 0 Å². The van der Waals surface area contributed by atoms with E-state index >= 15 is 0 Å². The number of aryl methyl sites for hydroxylation is 1. The molecule has 4 rings (SSSR count). The third kappa shape index (κ3) is 2.39. The molecule has 1 N–H and O–H groups in total. The van der Waals surface area contributed by atoms with Gasteiger partial charge in [0.15, 0.2) is 5.65 Å². The molecule has 1 spiro atoms. The molecule has 0 bridgehead atoms. The number of aromatic nitrogens is 3. The molecule has 2 aromatic heterocycles. The summed E-state index contributed by atoms with van der Waals surface area (Å²) in [6, 6.07) is 4.14. The maximum absolute atomic E-state index is 4.71. The van der Waals surface area contributed by atoms with Gasteiger partial charge in [0.2, 0.25) is 5.95 Å². The van der Waals surface area contributed by atoms with Crippen LogP contribution in [0.4, 0.5) is 5.95 Å². The summed E-state index contributed by atoms with van der Waals surface area (Å²) in [5.41, 5.74) is 2.59. The highest BCUT2D eigenvalue weighted by Crippen LogP contribution is 2.36. The van der Waals surface area contributed by atoms with Crippen molar-refractivity contribution in [3.63, 3.8) is 0 Å². The standard InChI is InChI=1S/C16H23N5/c1-13-4-5-14-18-15(19-21(14)10-13)20-9-3-7-16(12-20)6-2-8-17-11-16/h4-5,10,17H,2-3,6-9,11-12H2,1H3. The summed E-state index contributed by atoms with van der Waals surface area (Å²) in [5.74, 6) is 0.894. The molecule has 1 unspecified atom stereocenters. The molecule has 0 radical (unpaired) electrons. The van der Waals surface area contributed by atoms with Crippen LogP contribution in [-0.2, 0) is 0 Å². The van der Waals surface area contributed by atoms with Gasteiger partial charge >= 0.3 is 0 Å². The first kappa shape index (κ1) is 13.1. The number of hydrogen-bond donors (Lipinski definition) is 1. The number of nitrogens with zero attached hydrogens (tertiary/aromatic N) is 4. The predicted octanol–water partition coefficient (Wildman–Crippen LogP) is 2.01. The molecule has 2 aliphatic heterocycles. The molecule has 2 saturated heterocycles. The summed E-state index contributed by atoms with van der Waals surface area (Å²) in [7, 11) is 0. The van der Waals surface area contributed by atoms with Gasteiger partial charge in [0.1, 0.15) is 0 Å². The first-order valence-corrected chi connectivity index (χ1v) is 8.03. The molecule has 1 atom stereocenters. The van der Waals surface area contributed by atoms with Crippen molar-refractivity contribution in [2.24, 2.45) is 5.41 Å². The van der Waals surface area contributed by atoms with Gasteiger partial charge in [-0.1, -0.05) is 6.07 Å². The highest BCUT2D eigenvalue weighted by Gasteiger charge is 2.37. The van der Waals surface area contributed by atoms with Crippen LogP contribution in [0.15, 0.2) is 18.3 Å². The average molecular weight is 285 g/mol. The zero-order chi connectivity index (χ0) is 14.3. The van der Waals surface area contributed by atoms with Gasteiger partial charge in [-0.15, -0.1) is 5.10 Å². The van der Waals surface area contributed by atoms with E-state index in [0.717, 1.165) is 31.2 Å². The molecule has 112 valence electrons. The number of hydrogen-bond acceptors (Lipinski definition) is 4. The van der Waals surface area contributed by atoms with Crippen LogP contribution in [0.2, 0.25) is 0 Å². The number of rotatable bonds is 1. The van der Waals surface area contributed by atoms with E-state index in [-0.39, 0.29) is 0 Å². The van der Waals surface area contributed by atoms with Crippen molar-refractivity contribution < 1.29 is 0 Å². The molecule has 2 aliphatic rings. The van der Waals surface area contributed by atoms with E-state index in [1.54, 1.807) is 0 Å². The maximum atomic E-state index is 4.71. The lowest BCUT2D eigenvalue weighted by Crippen LogP contribution is -2.51. The van der Waals surface area contributed by atoms with Gasteiger partial charge in [0.05, 0.1) is 0 Å². The van der Waals surface area contributed by atoms with Crippen LogP contribution in [0, 0.1) is 12.3 Å². The fraction of sp³-hybridized carbons (Fsp3) is 0.625. The normalized spacial score (nSPS) is 26.6. The van der Waals surface area contributed by atoms with Crippen molar-refractivity contribution in [1.29, 1.82) is 0 Å². The zero-order valence-electron chi connectivity index (χ0n) is 12.7. The van der Waals surface area contributed by atoms with E-state index < -0.39 is 0 Å². The van der Waals surface area contributed by atoms with Crippen LogP contribution in [0.1, 0.15) is 31.2 Å². The summed E-state index contributed by atoms with van der Waals surface area (Å²) < 4.78 is 1.91. The van der Waals surface area contributed by atoms with Crippen LogP contribution >= 0.6 is 0 Å². The first-order valence-electron chi connectivity index (χ1n) is 8.03. The van der Waals surface area contributed by atoms with E-state index in [1.165, 1.54) is 37.8 Å². The SMILES string of the molecule is Cc1ccc2nc(N3CCCC4(CCCNC4)C3)nn2c1. The molecule has 0 aliphatic carbocycles. The van der Waals surface area contributed by atoms with Gasteiger partial charge in [-0.3, -0.25) is 0 Å². The number of piperidine rings is 2. The molecule has 2 aromatic rings. The third-order valence-electron chi connectivity index (χ3n) is 4.97. The fourth-order valence-electron chi connectivity index (χ4n) is 3.87. The highest BCUT2D eigenvalue weighted by atomic mass is 15.4. The molecule has 0 aromatic carbocycles. The van der Waals surface area contributed by atoms with E-state index in [9.17, 15) is 0 Å². The van der Waals surface area contributed by atoms with Gasteiger partial charge in [0.25, 0.3) is 0 Å². The minimum atomic E-state index is 0.434. The number of fused-ring (bicyclic) bond motifs is 1. The molecule has 5 nitrogen and oxygen atoms in total. The number of nitrogens with one attached hydrogen (secondary N) is 1. The van der Waals surface area contributed by atoms with Gasteiger partial charge in [-0.2, -0.15) is 4.98 Å². The summed E-state index contributed by atoms with van der Waals surface area (Å²) in [6.07, 6.45) is 7.27. The minimum absolute atomic E-state index is 0.434. The van der Waals surface area contributed by atoms with E-state index in [0.29, 0.717) is 5.41 Å². The fourth-order valence-corrected chi connectivity index (χ4v) is 3.87. The Morgan fingerprint density at radius 1 is 1.24 bits per heavy atom. The Bertz CT molecular complexity index is 636. The molecule has 4 heterocycles. The maximum Gasteiger partial charge on any atom is 0.245 e. The quantitative estimate of drug-likeness (QED) is 0.870. The van der Waals surface area contributed by atoms with Crippen LogP contribution in [-0.4, -0.2) is 40.8 Å². The molecule has 0 saturated carbocycles. The predicted molar refractivity (Wildman–Crippen MR) is 83.7 cm³/mol. The van der Waals surface area contributed by atoms with Crippen molar-refractivity contribution in [2.75, 3.05) is 31.1 Å². The molecular weight excluding hydrogens is 262 g/mol. The monoisotopic (exact) mass is 285 g/mol. The second-order valence-electron chi connectivity index (χ2n) is 6.73. The topological polar surface area (TPSA) is 45.5 Å². The largest absolute Gasteiger partial charge is 0.339 e. The summed E-state index contributed by atoms with van der Waals surface area (Å²) >= 11 is 0. The van der Waals surface area contributed by atoms with Gasteiger partial charge in [-0.25, -0.2) is 4.52 Å². The zero-order valence-corrected chi connectivity index (χ0v) is 12.7. The Morgan fingerprint density at radius 3 is 3.00 bits per heavy atom. The second kappa shape index (κ2) is 4.98. The average Bonchev–Trinajstić information content (AvgIpc) is 2.91. The first-order chi connectivity index (χ1) is 10.2. The van der Waals surface area contributed by atoms with Crippen molar-refractivity contribution in [1.82, 2.24) is 19.9 Å². The second-order valence-corrected chi connectivity index (χ2v) is 6.73. The van der Waals surface area contributed by atoms with Gasteiger partial charge < -0.3 is 10.2 Å². The lowest BCUT2D eigenvalue weighted by Gasteiger charge is -2.45. The van der Waals surface area contributed by atoms with Crippen molar-refractivity contribution >= 4 is 11.6 Å². The van der Waals surface area contributed by atoms with Gasteiger partial charge in [-0.05, 0) is 50.8 Å². The van der Waals surface area contributed by atoms with Crippen LogP contribution in [0.25, 0.3) is 5.65 Å². The Hall–Kier alpha value is -1.62. The number of anilines is 1.